The van der Waals surface area contributed by atoms with Crippen molar-refractivity contribution in [3.63, 3.8) is 0 Å². The van der Waals surface area contributed by atoms with Crippen LogP contribution in [0.1, 0.15) is 51.9 Å². The van der Waals surface area contributed by atoms with Crippen molar-refractivity contribution in [2.45, 2.75) is 29.7 Å². The predicted molar refractivity (Wildman–Crippen MR) is 226 cm³/mol. The Morgan fingerprint density at radius 3 is 1.00 bits per heavy atom. The van der Waals surface area contributed by atoms with E-state index in [2.05, 4.69) is 10.6 Å². The molecule has 8 rings (SSSR count). The molecule has 0 aliphatic heterocycles. The van der Waals surface area contributed by atoms with E-state index in [1.54, 1.807) is 0 Å². The van der Waals surface area contributed by atoms with E-state index in [0.717, 1.165) is 21.5 Å². The summed E-state index contributed by atoms with van der Waals surface area (Å²) in [6, 6.07) is 62.3. The highest BCUT2D eigenvalue weighted by Gasteiger charge is 2.45. The van der Waals surface area contributed by atoms with Crippen molar-refractivity contribution in [3.8, 4) is 0 Å². The van der Waals surface area contributed by atoms with Crippen LogP contribution in [0.15, 0.2) is 206 Å². The Kier molecular flexibility index (Phi) is 10.5. The second-order valence-corrected chi connectivity index (χ2v) is 14.3. The molecule has 2 amide bonds. The molecule has 0 radical (unpaired) electrons. The Balaban J connectivity index is 1.21. The molecule has 0 saturated carbocycles. The minimum absolute atomic E-state index is 0.575. The molecule has 0 aromatic heterocycles. The molecule has 0 unspecified atom stereocenters. The first-order valence-corrected chi connectivity index (χ1v) is 19.1. The van der Waals surface area contributed by atoms with Crippen LogP contribution in [0.3, 0.4) is 0 Å². The number of hydrogen-bond donors (Lipinski definition) is 4. The van der Waals surface area contributed by atoms with Crippen molar-refractivity contribution in [1.29, 1.82) is 0 Å². The third kappa shape index (κ3) is 7.20. The summed E-state index contributed by atoms with van der Waals surface area (Å²) in [5.41, 5.74) is 0.185. The van der Waals surface area contributed by atoms with Crippen LogP contribution in [-0.4, -0.2) is 22.0 Å². The third-order valence-corrected chi connectivity index (χ3v) is 10.9. The van der Waals surface area contributed by atoms with E-state index < -0.39 is 41.5 Å². The Morgan fingerprint density at radius 1 is 0.386 bits per heavy atom. The Hall–Kier alpha value is -6.86. The number of benzene rings is 8. The zero-order chi connectivity index (χ0) is 39.2. The van der Waals surface area contributed by atoms with Crippen molar-refractivity contribution < 1.29 is 19.8 Å². The molecule has 280 valence electrons. The van der Waals surface area contributed by atoms with E-state index in [1.165, 1.54) is 0 Å². The lowest BCUT2D eigenvalue weighted by atomic mass is 9.76. The number of rotatable bonds is 12. The van der Waals surface area contributed by atoms with Gasteiger partial charge in [0.05, 0.1) is 12.1 Å². The molecule has 0 fully saturated rings. The Morgan fingerprint density at radius 2 is 0.667 bits per heavy atom. The van der Waals surface area contributed by atoms with E-state index in [4.69, 9.17) is 0 Å². The molecule has 0 spiro atoms. The second kappa shape index (κ2) is 16.1. The number of carbonyl (C=O) groups excluding carboxylic acids is 2. The van der Waals surface area contributed by atoms with Gasteiger partial charge in [0.25, 0.3) is 0 Å². The maximum Gasteiger partial charge on any atom is 0.230 e. The summed E-state index contributed by atoms with van der Waals surface area (Å²) >= 11 is 0. The predicted octanol–water partition coefficient (Wildman–Crippen LogP) is 9.27. The normalized spacial score (nSPS) is 12.8. The van der Waals surface area contributed by atoms with Crippen LogP contribution < -0.4 is 10.6 Å². The van der Waals surface area contributed by atoms with Gasteiger partial charge >= 0.3 is 0 Å². The van der Waals surface area contributed by atoms with Gasteiger partial charge in [0.1, 0.15) is 17.6 Å². The Bertz CT molecular complexity index is 2360. The van der Waals surface area contributed by atoms with Crippen molar-refractivity contribution in [2.24, 2.45) is 0 Å². The van der Waals surface area contributed by atoms with Gasteiger partial charge in [-0.3, -0.25) is 9.59 Å². The quantitative estimate of drug-likeness (QED) is 0.0938. The molecular formula is C51H42N2O4. The average Bonchev–Trinajstić information content (AvgIpc) is 3.28. The van der Waals surface area contributed by atoms with Gasteiger partial charge in [-0.25, -0.2) is 0 Å². The van der Waals surface area contributed by atoms with Gasteiger partial charge in [-0.05, 0) is 54.9 Å². The van der Waals surface area contributed by atoms with Gasteiger partial charge in [-0.2, -0.15) is 0 Å². The number of hydrogen-bond acceptors (Lipinski definition) is 4. The van der Waals surface area contributed by atoms with E-state index in [9.17, 15) is 19.8 Å². The fourth-order valence-electron chi connectivity index (χ4n) is 8.16. The molecule has 4 N–H and O–H groups in total. The SMILES string of the molecule is O=C(CC(=O)N[C@@H](c1cccc2ccccc12)C(O)(c1ccccc1)c1ccccc1)N[C@@H](c1cccc2ccccc12)C(O)(c1ccccc1)c1ccccc1. The largest absolute Gasteiger partial charge is 0.378 e. The molecule has 57 heavy (non-hydrogen) atoms. The van der Waals surface area contributed by atoms with E-state index >= 15 is 0 Å². The summed E-state index contributed by atoms with van der Waals surface area (Å²) in [4.78, 5) is 28.9. The number of amides is 2. The van der Waals surface area contributed by atoms with Crippen LogP contribution in [0.2, 0.25) is 0 Å². The highest BCUT2D eigenvalue weighted by Crippen LogP contribution is 2.45. The number of fused-ring (bicyclic) bond motifs is 2. The molecule has 2 atom stereocenters. The van der Waals surface area contributed by atoms with Crippen LogP contribution >= 0.6 is 0 Å². The number of aliphatic hydroxyl groups is 2. The molecule has 8 aromatic rings. The highest BCUT2D eigenvalue weighted by molar-refractivity contribution is 5.98. The molecule has 6 nitrogen and oxygen atoms in total. The smallest absolute Gasteiger partial charge is 0.230 e. The monoisotopic (exact) mass is 746 g/mol. The summed E-state index contributed by atoms with van der Waals surface area (Å²) in [7, 11) is 0. The second-order valence-electron chi connectivity index (χ2n) is 14.3. The average molecular weight is 747 g/mol. The zero-order valence-electron chi connectivity index (χ0n) is 31.2. The van der Waals surface area contributed by atoms with Crippen LogP contribution in [0, 0.1) is 0 Å². The van der Waals surface area contributed by atoms with Crippen LogP contribution in [0.5, 0.6) is 0 Å². The van der Waals surface area contributed by atoms with Gasteiger partial charge in [0.15, 0.2) is 0 Å². The fraction of sp³-hybridized carbons (Fsp3) is 0.0980. The molecular weight excluding hydrogens is 705 g/mol. The molecule has 0 aliphatic rings. The minimum Gasteiger partial charge on any atom is -0.378 e. The van der Waals surface area contributed by atoms with Crippen LogP contribution in [-0.2, 0) is 20.8 Å². The molecule has 6 heteroatoms. The standard InChI is InChI=1S/C51H42N2O4/c54-46(52-48(44-33-17-21-36-19-13-15-31-42(36)44)50(56,38-23-5-1-6-24-38)39-25-7-2-8-26-39)35-47(55)53-49(45-34-18-22-37-20-14-16-32-43(37)45)51(57,40-27-9-3-10-28-40)41-29-11-4-12-30-41/h1-34,48-49,56-57H,35H2,(H,52,54)(H,53,55)/t48-,49-/m0/s1. The van der Waals surface area contributed by atoms with Gasteiger partial charge in [-0.15, -0.1) is 0 Å². The van der Waals surface area contributed by atoms with Crippen molar-refractivity contribution >= 4 is 33.4 Å². The first kappa shape index (κ1) is 37.1. The summed E-state index contributed by atoms with van der Waals surface area (Å²) in [6.45, 7) is 0. The first-order chi connectivity index (χ1) is 27.9. The molecule has 0 saturated heterocycles. The van der Waals surface area contributed by atoms with Crippen LogP contribution in [0.4, 0.5) is 0 Å². The molecule has 0 bridgehead atoms. The van der Waals surface area contributed by atoms with E-state index in [-0.39, 0.29) is 0 Å². The lowest BCUT2D eigenvalue weighted by molar-refractivity contribution is -0.132. The molecule has 8 aromatic carbocycles. The summed E-state index contributed by atoms with van der Waals surface area (Å²) in [6.07, 6.45) is -0.581. The van der Waals surface area contributed by atoms with Crippen molar-refractivity contribution in [2.75, 3.05) is 0 Å². The lowest BCUT2D eigenvalue weighted by Gasteiger charge is -2.39. The molecule has 0 aliphatic carbocycles. The van der Waals surface area contributed by atoms with Crippen molar-refractivity contribution in [1.82, 2.24) is 10.6 Å². The summed E-state index contributed by atoms with van der Waals surface area (Å²) in [5, 5.41) is 36.1. The summed E-state index contributed by atoms with van der Waals surface area (Å²) < 4.78 is 0. The minimum atomic E-state index is -1.74. The van der Waals surface area contributed by atoms with Gasteiger partial charge in [0, 0.05) is 0 Å². The first-order valence-electron chi connectivity index (χ1n) is 19.1. The van der Waals surface area contributed by atoms with E-state index in [1.807, 2.05) is 206 Å². The maximum atomic E-state index is 14.5. The van der Waals surface area contributed by atoms with E-state index in [0.29, 0.717) is 33.4 Å². The maximum absolute atomic E-state index is 14.5. The molecule has 0 heterocycles. The lowest BCUT2D eigenvalue weighted by Crippen LogP contribution is -2.48. The van der Waals surface area contributed by atoms with Crippen molar-refractivity contribution in [3.05, 3.63) is 240 Å². The number of carbonyl (C=O) groups is 2. The third-order valence-electron chi connectivity index (χ3n) is 10.9. The Labute approximate surface area is 332 Å². The number of nitrogens with one attached hydrogen (secondary N) is 2. The van der Waals surface area contributed by atoms with Gasteiger partial charge in [0.2, 0.25) is 11.8 Å². The zero-order valence-corrected chi connectivity index (χ0v) is 31.2. The topological polar surface area (TPSA) is 98.7 Å². The fourth-order valence-corrected chi connectivity index (χ4v) is 8.16. The van der Waals surface area contributed by atoms with Crippen LogP contribution in [0.25, 0.3) is 21.5 Å². The van der Waals surface area contributed by atoms with Gasteiger partial charge in [-0.1, -0.05) is 206 Å². The van der Waals surface area contributed by atoms with Gasteiger partial charge < -0.3 is 20.8 Å². The highest BCUT2D eigenvalue weighted by atomic mass is 16.3. The summed E-state index contributed by atoms with van der Waals surface area (Å²) in [5.74, 6) is -1.20.